The van der Waals surface area contributed by atoms with Gasteiger partial charge in [0.05, 0.1) is 23.9 Å². The molecule has 1 aliphatic heterocycles. The zero-order valence-electron chi connectivity index (χ0n) is 11.3. The average molecular weight is 277 g/mol. The van der Waals surface area contributed by atoms with Gasteiger partial charge in [-0.25, -0.2) is 13.8 Å². The minimum Gasteiger partial charge on any atom is -0.306 e. The third kappa shape index (κ3) is 2.33. The number of hydrogen-bond donors (Lipinski definition) is 1. The van der Waals surface area contributed by atoms with Crippen molar-refractivity contribution < 1.29 is 8.78 Å². The molecule has 0 radical (unpaired) electrons. The van der Waals surface area contributed by atoms with Crippen molar-refractivity contribution in [2.24, 2.45) is 0 Å². The minimum absolute atomic E-state index is 0.129. The molecular weight excluding hydrogens is 260 g/mol. The largest absolute Gasteiger partial charge is 0.306 e. The van der Waals surface area contributed by atoms with Crippen molar-refractivity contribution in [1.82, 2.24) is 14.9 Å². The highest BCUT2D eigenvalue weighted by Gasteiger charge is 2.23. The van der Waals surface area contributed by atoms with E-state index in [1.54, 1.807) is 16.8 Å². The lowest BCUT2D eigenvalue weighted by molar-refractivity contribution is 0.333. The van der Waals surface area contributed by atoms with Crippen LogP contribution >= 0.6 is 0 Å². The Hall–Kier alpha value is -1.75. The van der Waals surface area contributed by atoms with E-state index >= 15 is 0 Å². The Labute approximate surface area is 116 Å². The molecule has 2 unspecified atom stereocenters. The van der Waals surface area contributed by atoms with E-state index in [9.17, 15) is 8.78 Å². The first-order valence-corrected chi connectivity index (χ1v) is 6.89. The first kappa shape index (κ1) is 13.2. The maximum absolute atomic E-state index is 13.9. The Bertz CT molecular complexity index is 609. The summed E-state index contributed by atoms with van der Waals surface area (Å²) >= 11 is 0. The van der Waals surface area contributed by atoms with Gasteiger partial charge in [0.2, 0.25) is 0 Å². The van der Waals surface area contributed by atoms with Gasteiger partial charge >= 0.3 is 0 Å². The molecule has 106 valence electrons. The molecule has 3 nitrogen and oxygen atoms in total. The molecular formula is C15H17F2N3. The van der Waals surface area contributed by atoms with Crippen molar-refractivity contribution in [3.05, 3.63) is 48.1 Å². The number of imidazole rings is 1. The molecule has 0 spiro atoms. The second-order valence-corrected chi connectivity index (χ2v) is 5.31. The Morgan fingerprint density at radius 3 is 2.95 bits per heavy atom. The SMILES string of the molecule is CC1CCCC(c2cncn2-c2cccc(F)c2F)N1. The second-order valence-electron chi connectivity index (χ2n) is 5.31. The van der Waals surface area contributed by atoms with E-state index in [-0.39, 0.29) is 11.7 Å². The van der Waals surface area contributed by atoms with Gasteiger partial charge in [-0.2, -0.15) is 0 Å². The molecule has 20 heavy (non-hydrogen) atoms. The van der Waals surface area contributed by atoms with Crippen molar-refractivity contribution in [2.45, 2.75) is 38.3 Å². The topological polar surface area (TPSA) is 29.9 Å². The fraction of sp³-hybridized carbons (Fsp3) is 0.400. The van der Waals surface area contributed by atoms with Crippen LogP contribution in [0.4, 0.5) is 8.78 Å². The molecule has 0 saturated carbocycles. The zero-order valence-corrected chi connectivity index (χ0v) is 11.3. The van der Waals surface area contributed by atoms with Gasteiger partial charge in [0, 0.05) is 12.1 Å². The highest BCUT2D eigenvalue weighted by molar-refractivity contribution is 5.36. The van der Waals surface area contributed by atoms with E-state index in [1.807, 2.05) is 0 Å². The number of hydrogen-bond acceptors (Lipinski definition) is 2. The summed E-state index contributed by atoms with van der Waals surface area (Å²) in [7, 11) is 0. The van der Waals surface area contributed by atoms with Crippen LogP contribution in [0.25, 0.3) is 5.69 Å². The second kappa shape index (κ2) is 5.32. The molecule has 5 heteroatoms. The third-order valence-corrected chi connectivity index (χ3v) is 3.83. The molecule has 1 aromatic carbocycles. The summed E-state index contributed by atoms with van der Waals surface area (Å²) in [6.45, 7) is 2.13. The molecule has 1 N–H and O–H groups in total. The van der Waals surface area contributed by atoms with E-state index in [0.29, 0.717) is 6.04 Å². The lowest BCUT2D eigenvalue weighted by Crippen LogP contribution is -2.35. The first-order valence-electron chi connectivity index (χ1n) is 6.89. The van der Waals surface area contributed by atoms with E-state index in [0.717, 1.165) is 31.0 Å². The van der Waals surface area contributed by atoms with Gasteiger partial charge in [0.1, 0.15) is 0 Å². The number of halogens is 2. The van der Waals surface area contributed by atoms with Crippen LogP contribution in [-0.4, -0.2) is 15.6 Å². The Kier molecular flexibility index (Phi) is 3.53. The van der Waals surface area contributed by atoms with Crippen LogP contribution < -0.4 is 5.32 Å². The fourth-order valence-corrected chi connectivity index (χ4v) is 2.81. The number of nitrogens with zero attached hydrogens (tertiary/aromatic N) is 2. The van der Waals surface area contributed by atoms with Gasteiger partial charge in [0.25, 0.3) is 0 Å². The maximum Gasteiger partial charge on any atom is 0.182 e. The first-order chi connectivity index (χ1) is 9.66. The van der Waals surface area contributed by atoms with Crippen molar-refractivity contribution in [3.8, 4) is 5.69 Å². The molecule has 2 aromatic rings. The van der Waals surface area contributed by atoms with Gasteiger partial charge in [-0.05, 0) is 38.3 Å². The molecule has 1 saturated heterocycles. The summed E-state index contributed by atoms with van der Waals surface area (Å²) in [5, 5.41) is 3.49. The van der Waals surface area contributed by atoms with E-state index in [1.165, 1.54) is 12.4 Å². The summed E-state index contributed by atoms with van der Waals surface area (Å²) in [4.78, 5) is 4.10. The van der Waals surface area contributed by atoms with Gasteiger partial charge in [-0.1, -0.05) is 6.07 Å². The average Bonchev–Trinajstić information content (AvgIpc) is 2.91. The summed E-state index contributed by atoms with van der Waals surface area (Å²) < 4.78 is 29.0. The van der Waals surface area contributed by atoms with Crippen LogP contribution in [0, 0.1) is 11.6 Å². The van der Waals surface area contributed by atoms with E-state index < -0.39 is 11.6 Å². The highest BCUT2D eigenvalue weighted by Crippen LogP contribution is 2.28. The van der Waals surface area contributed by atoms with Crippen LogP contribution in [0.5, 0.6) is 0 Å². The molecule has 2 heterocycles. The van der Waals surface area contributed by atoms with Crippen molar-refractivity contribution in [1.29, 1.82) is 0 Å². The van der Waals surface area contributed by atoms with Crippen LogP contribution in [0.15, 0.2) is 30.7 Å². The van der Waals surface area contributed by atoms with Crippen molar-refractivity contribution >= 4 is 0 Å². The smallest absolute Gasteiger partial charge is 0.182 e. The molecule has 0 aliphatic carbocycles. The molecule has 1 aliphatic rings. The normalized spacial score (nSPS) is 22.9. The lowest BCUT2D eigenvalue weighted by Gasteiger charge is -2.29. The zero-order chi connectivity index (χ0) is 14.1. The third-order valence-electron chi connectivity index (χ3n) is 3.83. The Balaban J connectivity index is 1.99. The van der Waals surface area contributed by atoms with Gasteiger partial charge in [-0.3, -0.25) is 4.57 Å². The molecule has 1 fully saturated rings. The molecule has 2 atom stereocenters. The number of piperidine rings is 1. The predicted molar refractivity (Wildman–Crippen MR) is 72.7 cm³/mol. The van der Waals surface area contributed by atoms with Gasteiger partial charge in [0.15, 0.2) is 11.6 Å². The quantitative estimate of drug-likeness (QED) is 0.912. The summed E-state index contributed by atoms with van der Waals surface area (Å²) in [6, 6.07) is 4.75. The Morgan fingerprint density at radius 1 is 1.30 bits per heavy atom. The fourth-order valence-electron chi connectivity index (χ4n) is 2.81. The predicted octanol–water partition coefficient (Wildman–Crippen LogP) is 3.35. The summed E-state index contributed by atoms with van der Waals surface area (Å²) in [5.41, 5.74) is 1.08. The van der Waals surface area contributed by atoms with Gasteiger partial charge < -0.3 is 5.32 Å². The van der Waals surface area contributed by atoms with Crippen molar-refractivity contribution in [2.75, 3.05) is 0 Å². The lowest BCUT2D eigenvalue weighted by atomic mass is 9.97. The van der Waals surface area contributed by atoms with Crippen LogP contribution in [0.2, 0.25) is 0 Å². The standard InChI is InChI=1S/C15H17F2N3/c1-10-4-2-6-12(19-10)14-8-18-9-20(14)13-7-3-5-11(16)15(13)17/h3,5,7-10,12,19H,2,4,6H2,1H3. The molecule has 0 bridgehead atoms. The summed E-state index contributed by atoms with van der Waals surface area (Å²) in [6.07, 6.45) is 6.50. The van der Waals surface area contributed by atoms with Crippen LogP contribution in [0.1, 0.15) is 37.9 Å². The number of benzene rings is 1. The van der Waals surface area contributed by atoms with Crippen molar-refractivity contribution in [3.63, 3.8) is 0 Å². The maximum atomic E-state index is 13.9. The summed E-state index contributed by atoms with van der Waals surface area (Å²) in [5.74, 6) is -1.68. The Morgan fingerprint density at radius 2 is 2.15 bits per heavy atom. The number of nitrogens with one attached hydrogen (secondary N) is 1. The molecule has 1 aromatic heterocycles. The minimum atomic E-state index is -0.841. The van der Waals surface area contributed by atoms with Crippen LogP contribution in [0.3, 0.4) is 0 Å². The molecule has 0 amide bonds. The van der Waals surface area contributed by atoms with Crippen LogP contribution in [-0.2, 0) is 0 Å². The van der Waals surface area contributed by atoms with E-state index in [2.05, 4.69) is 17.2 Å². The van der Waals surface area contributed by atoms with Gasteiger partial charge in [-0.15, -0.1) is 0 Å². The number of rotatable bonds is 2. The number of aromatic nitrogens is 2. The highest BCUT2D eigenvalue weighted by atomic mass is 19.2. The van der Waals surface area contributed by atoms with E-state index in [4.69, 9.17) is 0 Å². The monoisotopic (exact) mass is 277 g/mol. The molecule has 3 rings (SSSR count).